The topological polar surface area (TPSA) is 67.2 Å². The SMILES string of the molecule is Cc1nn(C)cc1C(=O)NCC(O)c1ccccc1F. The van der Waals surface area contributed by atoms with Gasteiger partial charge < -0.3 is 10.4 Å². The maximum atomic E-state index is 13.5. The van der Waals surface area contributed by atoms with Gasteiger partial charge >= 0.3 is 0 Å². The van der Waals surface area contributed by atoms with Gasteiger partial charge in [0.25, 0.3) is 5.91 Å². The first-order valence-corrected chi connectivity index (χ1v) is 6.20. The van der Waals surface area contributed by atoms with Crippen LogP contribution in [0.25, 0.3) is 0 Å². The molecule has 0 radical (unpaired) electrons. The minimum absolute atomic E-state index is 0.0614. The number of nitrogens with zero attached hydrogens (tertiary/aromatic N) is 2. The van der Waals surface area contributed by atoms with Crippen LogP contribution in [0.15, 0.2) is 30.5 Å². The van der Waals surface area contributed by atoms with Crippen LogP contribution in [0.5, 0.6) is 0 Å². The highest BCUT2D eigenvalue weighted by Gasteiger charge is 2.16. The van der Waals surface area contributed by atoms with Crippen LogP contribution in [-0.2, 0) is 7.05 Å². The van der Waals surface area contributed by atoms with Crippen molar-refractivity contribution >= 4 is 5.91 Å². The maximum absolute atomic E-state index is 13.5. The van der Waals surface area contributed by atoms with E-state index in [9.17, 15) is 14.3 Å². The van der Waals surface area contributed by atoms with Crippen molar-refractivity contribution in [3.63, 3.8) is 0 Å². The second-order valence-electron chi connectivity index (χ2n) is 4.55. The van der Waals surface area contributed by atoms with E-state index in [1.807, 2.05) is 0 Å². The van der Waals surface area contributed by atoms with Gasteiger partial charge in [0.1, 0.15) is 5.82 Å². The largest absolute Gasteiger partial charge is 0.386 e. The Morgan fingerprint density at radius 3 is 2.80 bits per heavy atom. The number of carbonyl (C=O) groups is 1. The van der Waals surface area contributed by atoms with Gasteiger partial charge in [-0.1, -0.05) is 18.2 Å². The number of hydrogen-bond acceptors (Lipinski definition) is 3. The molecule has 0 fully saturated rings. The van der Waals surface area contributed by atoms with Crippen molar-refractivity contribution in [1.29, 1.82) is 0 Å². The molecule has 1 unspecified atom stereocenters. The van der Waals surface area contributed by atoms with E-state index in [0.717, 1.165) is 0 Å². The third-order valence-corrected chi connectivity index (χ3v) is 2.98. The van der Waals surface area contributed by atoms with Crippen molar-refractivity contribution < 1.29 is 14.3 Å². The van der Waals surface area contributed by atoms with Crippen molar-refractivity contribution in [1.82, 2.24) is 15.1 Å². The van der Waals surface area contributed by atoms with Crippen molar-refractivity contribution in [2.24, 2.45) is 7.05 Å². The van der Waals surface area contributed by atoms with E-state index in [1.54, 1.807) is 32.3 Å². The Kier molecular flexibility index (Phi) is 4.14. The number of hydrogen-bond donors (Lipinski definition) is 2. The van der Waals surface area contributed by atoms with Crippen molar-refractivity contribution in [3.05, 3.63) is 53.1 Å². The van der Waals surface area contributed by atoms with Crippen LogP contribution in [0, 0.1) is 12.7 Å². The van der Waals surface area contributed by atoms with E-state index in [-0.39, 0.29) is 18.0 Å². The molecule has 2 rings (SSSR count). The summed E-state index contributed by atoms with van der Waals surface area (Å²) in [7, 11) is 1.72. The Hall–Kier alpha value is -2.21. The van der Waals surface area contributed by atoms with Crippen LogP contribution in [-0.4, -0.2) is 27.3 Å². The second kappa shape index (κ2) is 5.83. The van der Waals surface area contributed by atoms with Gasteiger partial charge in [0, 0.05) is 25.4 Å². The normalized spacial score (nSPS) is 12.2. The Morgan fingerprint density at radius 2 is 2.20 bits per heavy atom. The lowest BCUT2D eigenvalue weighted by Gasteiger charge is -2.12. The molecule has 0 bridgehead atoms. The molecule has 0 aliphatic carbocycles. The van der Waals surface area contributed by atoms with Crippen LogP contribution in [0.2, 0.25) is 0 Å². The van der Waals surface area contributed by atoms with Crippen LogP contribution in [0.1, 0.15) is 27.7 Å². The highest BCUT2D eigenvalue weighted by molar-refractivity contribution is 5.95. The molecule has 0 aliphatic rings. The van der Waals surface area contributed by atoms with E-state index in [1.165, 1.54) is 16.8 Å². The Balaban J connectivity index is 2.00. The second-order valence-corrected chi connectivity index (χ2v) is 4.55. The van der Waals surface area contributed by atoms with E-state index in [0.29, 0.717) is 11.3 Å². The van der Waals surface area contributed by atoms with Crippen molar-refractivity contribution in [3.8, 4) is 0 Å². The number of aryl methyl sites for hydroxylation is 2. The minimum Gasteiger partial charge on any atom is -0.386 e. The Labute approximate surface area is 116 Å². The number of rotatable bonds is 4. The predicted octanol–water partition coefficient (Wildman–Crippen LogP) is 1.33. The lowest BCUT2D eigenvalue weighted by Crippen LogP contribution is -2.28. The summed E-state index contributed by atoms with van der Waals surface area (Å²) in [5, 5.41) is 16.5. The van der Waals surface area contributed by atoms with Crippen molar-refractivity contribution in [2.75, 3.05) is 6.54 Å². The number of aromatic nitrogens is 2. The van der Waals surface area contributed by atoms with E-state index < -0.39 is 11.9 Å². The number of benzene rings is 1. The summed E-state index contributed by atoms with van der Waals surface area (Å²) in [6, 6.07) is 5.94. The molecule has 1 amide bonds. The fourth-order valence-corrected chi connectivity index (χ4v) is 1.96. The molecule has 0 spiro atoms. The first-order chi connectivity index (χ1) is 9.49. The molecule has 1 heterocycles. The minimum atomic E-state index is -1.09. The average molecular weight is 277 g/mol. The van der Waals surface area contributed by atoms with Crippen LogP contribution < -0.4 is 5.32 Å². The highest BCUT2D eigenvalue weighted by atomic mass is 19.1. The summed E-state index contributed by atoms with van der Waals surface area (Å²) in [6.07, 6.45) is 0.511. The summed E-state index contributed by atoms with van der Waals surface area (Å²) in [6.45, 7) is 1.66. The van der Waals surface area contributed by atoms with Crippen LogP contribution >= 0.6 is 0 Å². The molecule has 2 N–H and O–H groups in total. The fraction of sp³-hybridized carbons (Fsp3) is 0.286. The predicted molar refractivity (Wildman–Crippen MR) is 71.6 cm³/mol. The summed E-state index contributed by atoms with van der Waals surface area (Å²) < 4.78 is 15.0. The van der Waals surface area contributed by atoms with Gasteiger partial charge in [-0.3, -0.25) is 9.48 Å². The summed E-state index contributed by atoms with van der Waals surface area (Å²) in [4.78, 5) is 11.9. The van der Waals surface area contributed by atoms with Gasteiger partial charge in [0.2, 0.25) is 0 Å². The summed E-state index contributed by atoms with van der Waals surface area (Å²) in [5.41, 5.74) is 1.20. The monoisotopic (exact) mass is 277 g/mol. The molecule has 0 saturated heterocycles. The standard InChI is InChI=1S/C14H16FN3O2/c1-9-11(8-18(2)17-9)14(20)16-7-13(19)10-5-3-4-6-12(10)15/h3-6,8,13,19H,7H2,1-2H3,(H,16,20). The number of halogens is 1. The van der Waals surface area contributed by atoms with E-state index in [4.69, 9.17) is 0 Å². The molecule has 6 heteroatoms. The van der Waals surface area contributed by atoms with Crippen LogP contribution in [0.4, 0.5) is 4.39 Å². The quantitative estimate of drug-likeness (QED) is 0.886. The fourth-order valence-electron chi connectivity index (χ4n) is 1.96. The number of carbonyl (C=O) groups excluding carboxylic acids is 1. The molecule has 5 nitrogen and oxygen atoms in total. The van der Waals surface area contributed by atoms with Gasteiger partial charge in [-0.15, -0.1) is 0 Å². The lowest BCUT2D eigenvalue weighted by atomic mass is 10.1. The molecule has 1 aromatic carbocycles. The number of amides is 1. The number of aliphatic hydroxyl groups is 1. The number of nitrogens with one attached hydrogen (secondary N) is 1. The molecule has 0 aliphatic heterocycles. The van der Waals surface area contributed by atoms with Gasteiger partial charge in [0.15, 0.2) is 0 Å². The molecule has 1 atom stereocenters. The van der Waals surface area contributed by atoms with Crippen molar-refractivity contribution in [2.45, 2.75) is 13.0 Å². The highest BCUT2D eigenvalue weighted by Crippen LogP contribution is 2.15. The number of aliphatic hydroxyl groups excluding tert-OH is 1. The zero-order valence-electron chi connectivity index (χ0n) is 11.3. The zero-order valence-corrected chi connectivity index (χ0v) is 11.3. The summed E-state index contributed by atoms with van der Waals surface area (Å²) >= 11 is 0. The first-order valence-electron chi connectivity index (χ1n) is 6.20. The zero-order chi connectivity index (χ0) is 14.7. The van der Waals surface area contributed by atoms with Gasteiger partial charge in [-0.25, -0.2) is 4.39 Å². The van der Waals surface area contributed by atoms with Gasteiger partial charge in [-0.2, -0.15) is 5.10 Å². The molecule has 0 saturated carbocycles. The molecule has 1 aromatic heterocycles. The Morgan fingerprint density at radius 1 is 1.50 bits per heavy atom. The van der Waals surface area contributed by atoms with E-state index >= 15 is 0 Å². The molecule has 2 aromatic rings. The summed E-state index contributed by atoms with van der Waals surface area (Å²) in [5.74, 6) is -0.835. The third-order valence-electron chi connectivity index (χ3n) is 2.98. The smallest absolute Gasteiger partial charge is 0.254 e. The molecule has 106 valence electrons. The average Bonchev–Trinajstić information content (AvgIpc) is 2.75. The molecular weight excluding hydrogens is 261 g/mol. The van der Waals surface area contributed by atoms with Gasteiger partial charge in [-0.05, 0) is 13.0 Å². The third kappa shape index (κ3) is 3.03. The first kappa shape index (κ1) is 14.2. The van der Waals surface area contributed by atoms with Crippen LogP contribution in [0.3, 0.4) is 0 Å². The Bertz CT molecular complexity index is 625. The maximum Gasteiger partial charge on any atom is 0.254 e. The lowest BCUT2D eigenvalue weighted by molar-refractivity contribution is 0.0913. The van der Waals surface area contributed by atoms with Gasteiger partial charge in [0.05, 0.1) is 17.4 Å². The van der Waals surface area contributed by atoms with E-state index in [2.05, 4.69) is 10.4 Å². The molecular formula is C14H16FN3O2. The molecule has 20 heavy (non-hydrogen) atoms.